The maximum Gasteiger partial charge on any atom is 0.122 e. The highest BCUT2D eigenvalue weighted by Gasteiger charge is 2.03. The van der Waals surface area contributed by atoms with Crippen LogP contribution in [0.3, 0.4) is 0 Å². The Morgan fingerprint density at radius 1 is 1.00 bits per heavy atom. The van der Waals surface area contributed by atoms with Gasteiger partial charge in [0, 0.05) is 17.1 Å². The molecule has 0 aliphatic rings. The van der Waals surface area contributed by atoms with Crippen LogP contribution in [-0.4, -0.2) is 5.84 Å². The molecule has 0 unspecified atom stereocenters. The first kappa shape index (κ1) is 14.7. The summed E-state index contributed by atoms with van der Waals surface area (Å²) < 4.78 is 0. The normalized spacial score (nSPS) is 10.5. The predicted molar refractivity (Wildman–Crippen MR) is 88.4 cm³/mol. The highest BCUT2D eigenvalue weighted by Crippen LogP contribution is 2.22. The van der Waals surface area contributed by atoms with Crippen molar-refractivity contribution in [2.45, 2.75) is 25.4 Å². The lowest BCUT2D eigenvalue weighted by Crippen LogP contribution is -2.11. The van der Waals surface area contributed by atoms with E-state index < -0.39 is 0 Å². The Kier molecular flexibility index (Phi) is 4.85. The quantitative estimate of drug-likeness (QED) is 0.643. The Hall–Kier alpha value is -1.74. The average molecular weight is 284 g/mol. The molecule has 0 spiro atoms. The minimum absolute atomic E-state index is 0.132. The van der Waals surface area contributed by atoms with Crippen LogP contribution in [0.4, 0.5) is 0 Å². The van der Waals surface area contributed by atoms with E-state index in [4.69, 9.17) is 11.1 Å². The van der Waals surface area contributed by atoms with Gasteiger partial charge in [-0.1, -0.05) is 36.4 Å². The second kappa shape index (κ2) is 6.62. The molecule has 2 aromatic carbocycles. The fraction of sp³-hybridized carbons (Fsp3) is 0.235. The SMILES string of the molecule is Cc1ccccc1CSCc1ccc(C(=N)N)cc1C. The van der Waals surface area contributed by atoms with Crippen molar-refractivity contribution in [1.29, 1.82) is 5.41 Å². The molecule has 3 heteroatoms. The van der Waals surface area contributed by atoms with Crippen LogP contribution in [0, 0.1) is 19.3 Å². The summed E-state index contributed by atoms with van der Waals surface area (Å²) in [6.45, 7) is 4.24. The minimum atomic E-state index is 0.132. The smallest absolute Gasteiger partial charge is 0.122 e. The third-order valence-electron chi connectivity index (χ3n) is 3.43. The van der Waals surface area contributed by atoms with Crippen molar-refractivity contribution in [1.82, 2.24) is 0 Å². The van der Waals surface area contributed by atoms with E-state index in [0.29, 0.717) is 0 Å². The van der Waals surface area contributed by atoms with E-state index >= 15 is 0 Å². The lowest BCUT2D eigenvalue weighted by atomic mass is 10.1. The molecule has 2 aromatic rings. The summed E-state index contributed by atoms with van der Waals surface area (Å²) in [6.07, 6.45) is 0. The molecular weight excluding hydrogens is 264 g/mol. The molecule has 0 fully saturated rings. The molecule has 2 rings (SSSR count). The number of nitrogens with two attached hydrogens (primary N) is 1. The summed E-state index contributed by atoms with van der Waals surface area (Å²) in [5, 5.41) is 7.45. The maximum absolute atomic E-state index is 7.45. The number of rotatable bonds is 5. The van der Waals surface area contributed by atoms with Crippen LogP contribution in [-0.2, 0) is 11.5 Å². The molecule has 0 heterocycles. The van der Waals surface area contributed by atoms with Crippen LogP contribution in [0.25, 0.3) is 0 Å². The molecule has 2 nitrogen and oxygen atoms in total. The highest BCUT2D eigenvalue weighted by atomic mass is 32.2. The van der Waals surface area contributed by atoms with E-state index in [9.17, 15) is 0 Å². The van der Waals surface area contributed by atoms with Crippen molar-refractivity contribution in [3.05, 3.63) is 70.3 Å². The van der Waals surface area contributed by atoms with Crippen molar-refractivity contribution < 1.29 is 0 Å². The molecular formula is C17H20N2S. The number of thioether (sulfide) groups is 1. The molecule has 0 amide bonds. The molecule has 20 heavy (non-hydrogen) atoms. The summed E-state index contributed by atoms with van der Waals surface area (Å²) in [5.74, 6) is 2.14. The van der Waals surface area contributed by atoms with Gasteiger partial charge in [-0.05, 0) is 42.2 Å². The van der Waals surface area contributed by atoms with Crippen LogP contribution >= 0.6 is 11.8 Å². The number of hydrogen-bond acceptors (Lipinski definition) is 2. The molecule has 0 saturated heterocycles. The molecule has 0 atom stereocenters. The highest BCUT2D eigenvalue weighted by molar-refractivity contribution is 7.97. The fourth-order valence-corrected chi connectivity index (χ4v) is 3.26. The van der Waals surface area contributed by atoms with Crippen molar-refractivity contribution in [2.24, 2.45) is 5.73 Å². The van der Waals surface area contributed by atoms with Crippen LogP contribution in [0.2, 0.25) is 0 Å². The van der Waals surface area contributed by atoms with Crippen LogP contribution in [0.1, 0.15) is 27.8 Å². The third kappa shape index (κ3) is 3.64. The summed E-state index contributed by atoms with van der Waals surface area (Å²) in [4.78, 5) is 0. The van der Waals surface area contributed by atoms with E-state index in [-0.39, 0.29) is 5.84 Å². The summed E-state index contributed by atoms with van der Waals surface area (Å²) in [5.41, 5.74) is 11.6. The molecule has 0 aromatic heterocycles. The largest absolute Gasteiger partial charge is 0.384 e. The molecule has 3 N–H and O–H groups in total. The van der Waals surface area contributed by atoms with Gasteiger partial charge in [0.2, 0.25) is 0 Å². The second-order valence-corrected chi connectivity index (χ2v) is 5.96. The number of nitrogen functional groups attached to an aromatic ring is 1. The van der Waals surface area contributed by atoms with Crippen molar-refractivity contribution in [2.75, 3.05) is 0 Å². The second-order valence-electron chi connectivity index (χ2n) is 4.97. The van der Waals surface area contributed by atoms with Gasteiger partial charge in [-0.15, -0.1) is 0 Å². The van der Waals surface area contributed by atoms with Gasteiger partial charge in [-0.2, -0.15) is 11.8 Å². The van der Waals surface area contributed by atoms with Crippen molar-refractivity contribution in [3.8, 4) is 0 Å². The van der Waals surface area contributed by atoms with Gasteiger partial charge in [0.1, 0.15) is 5.84 Å². The molecule has 0 saturated carbocycles. The van der Waals surface area contributed by atoms with Gasteiger partial charge < -0.3 is 5.73 Å². The maximum atomic E-state index is 7.45. The molecule has 0 aliphatic carbocycles. The molecule has 104 valence electrons. The lowest BCUT2D eigenvalue weighted by Gasteiger charge is -2.09. The number of amidine groups is 1. The van der Waals surface area contributed by atoms with E-state index in [1.165, 1.54) is 22.3 Å². The van der Waals surface area contributed by atoms with E-state index in [2.05, 4.69) is 44.2 Å². The Morgan fingerprint density at radius 2 is 1.65 bits per heavy atom. The van der Waals surface area contributed by atoms with Gasteiger partial charge in [0.15, 0.2) is 0 Å². The lowest BCUT2D eigenvalue weighted by molar-refractivity contribution is 1.27. The molecule has 0 aliphatic heterocycles. The Balaban J connectivity index is 1.98. The monoisotopic (exact) mass is 284 g/mol. The predicted octanol–water partition coefficient (Wildman–Crippen LogP) is 4.02. The number of hydrogen-bond donors (Lipinski definition) is 2. The van der Waals surface area contributed by atoms with Crippen LogP contribution in [0.5, 0.6) is 0 Å². The third-order valence-corrected chi connectivity index (χ3v) is 4.46. The zero-order valence-corrected chi connectivity index (χ0v) is 12.8. The summed E-state index contributed by atoms with van der Waals surface area (Å²) in [6, 6.07) is 14.5. The Labute approximate surface area is 124 Å². The first-order chi connectivity index (χ1) is 9.58. The average Bonchev–Trinajstić information content (AvgIpc) is 2.42. The number of aryl methyl sites for hydroxylation is 2. The van der Waals surface area contributed by atoms with Gasteiger partial charge in [0.05, 0.1) is 0 Å². The fourth-order valence-electron chi connectivity index (χ4n) is 2.07. The van der Waals surface area contributed by atoms with Gasteiger partial charge in [-0.3, -0.25) is 5.41 Å². The van der Waals surface area contributed by atoms with Gasteiger partial charge >= 0.3 is 0 Å². The van der Waals surface area contributed by atoms with Gasteiger partial charge in [-0.25, -0.2) is 0 Å². The van der Waals surface area contributed by atoms with E-state index in [1.54, 1.807) is 0 Å². The first-order valence-corrected chi connectivity index (χ1v) is 7.79. The summed E-state index contributed by atoms with van der Waals surface area (Å²) >= 11 is 1.92. The number of benzene rings is 2. The zero-order valence-electron chi connectivity index (χ0n) is 11.9. The van der Waals surface area contributed by atoms with Gasteiger partial charge in [0.25, 0.3) is 0 Å². The topological polar surface area (TPSA) is 49.9 Å². The van der Waals surface area contributed by atoms with E-state index in [1.807, 2.05) is 23.9 Å². The number of nitrogens with one attached hydrogen (secondary N) is 1. The Morgan fingerprint density at radius 3 is 2.25 bits per heavy atom. The Bertz CT molecular complexity index is 620. The summed E-state index contributed by atoms with van der Waals surface area (Å²) in [7, 11) is 0. The first-order valence-electron chi connectivity index (χ1n) is 6.64. The zero-order chi connectivity index (χ0) is 14.5. The van der Waals surface area contributed by atoms with Crippen molar-refractivity contribution >= 4 is 17.6 Å². The van der Waals surface area contributed by atoms with Crippen LogP contribution < -0.4 is 5.73 Å². The van der Waals surface area contributed by atoms with E-state index in [0.717, 1.165) is 17.1 Å². The standard InChI is InChI=1S/C17H20N2S/c1-12-5-3-4-6-15(12)10-20-11-16-8-7-14(17(18)19)9-13(16)2/h3-9H,10-11H2,1-2H3,(H3,18,19). The van der Waals surface area contributed by atoms with Crippen LogP contribution in [0.15, 0.2) is 42.5 Å². The van der Waals surface area contributed by atoms with Crippen molar-refractivity contribution in [3.63, 3.8) is 0 Å². The minimum Gasteiger partial charge on any atom is -0.384 e. The molecule has 0 radical (unpaired) electrons. The molecule has 0 bridgehead atoms.